The third-order valence-electron chi connectivity index (χ3n) is 4.68. The second kappa shape index (κ2) is 11.4. The molecule has 0 amide bonds. The molecule has 0 bridgehead atoms. The minimum Gasteiger partial charge on any atom is -1.00 e. The molecule has 0 radical (unpaired) electrons. The van der Waals surface area contributed by atoms with Crippen LogP contribution in [0.15, 0.2) is 42.5 Å². The van der Waals surface area contributed by atoms with Gasteiger partial charge >= 0.3 is 26.2 Å². The third-order valence-corrected chi connectivity index (χ3v) is 4.68. The van der Waals surface area contributed by atoms with Crippen molar-refractivity contribution in [2.75, 3.05) is 0 Å². The average molecular weight is 375 g/mol. The molecule has 0 heterocycles. The average Bonchev–Trinajstić information content (AvgIpc) is 3.19. The smallest absolute Gasteiger partial charge is 1.00 e. The van der Waals surface area contributed by atoms with E-state index in [0.717, 1.165) is 30.1 Å². The van der Waals surface area contributed by atoms with Gasteiger partial charge in [-0.1, -0.05) is 49.5 Å². The van der Waals surface area contributed by atoms with Gasteiger partial charge in [0.05, 0.1) is 0 Å². The van der Waals surface area contributed by atoms with Crippen molar-refractivity contribution in [1.82, 2.24) is 0 Å². The van der Waals surface area contributed by atoms with E-state index in [1.54, 1.807) is 0 Å². The minimum absolute atomic E-state index is 0. The van der Waals surface area contributed by atoms with Gasteiger partial charge in [-0.25, -0.2) is 12.2 Å². The summed E-state index contributed by atoms with van der Waals surface area (Å²) < 4.78 is 0. The molecule has 0 nitrogen and oxygen atoms in total. The van der Waals surface area contributed by atoms with Crippen LogP contribution in [0.1, 0.15) is 48.8 Å². The zero-order valence-corrected chi connectivity index (χ0v) is 16.5. The maximum absolute atomic E-state index is 2.99. The van der Waals surface area contributed by atoms with Crippen molar-refractivity contribution in [2.24, 2.45) is 23.7 Å². The van der Waals surface area contributed by atoms with Crippen molar-refractivity contribution in [3.8, 4) is 0 Å². The Hall–Kier alpha value is -0.157. The van der Waals surface area contributed by atoms with Gasteiger partial charge in [-0.05, 0) is 11.8 Å². The summed E-state index contributed by atoms with van der Waals surface area (Å²) >= 11 is 0. The van der Waals surface area contributed by atoms with Crippen LogP contribution < -0.4 is 0 Å². The van der Waals surface area contributed by atoms with E-state index in [9.17, 15) is 0 Å². The summed E-state index contributed by atoms with van der Waals surface area (Å²) in [6.45, 7) is 4.00. The first-order valence-electron chi connectivity index (χ1n) is 8.50. The predicted molar refractivity (Wildman–Crippen MR) is 94.5 cm³/mol. The molecule has 0 spiro atoms. The fraction of sp³-hybridized carbons (Fsp3) is 0.524. The monoisotopic (exact) mass is 373 g/mol. The standard InChI is InChI=1S/C13H17.C5H5.C3H7.Zr.2H/c1-3-7-12-10(5-1)9-11-6-2-4-8-13(11)12;1-2-4-5-3-1;1-3-2;;;/h1,3,5-7,10-13H,2,4,8-9H2;1-3H,4H2;3H,1-2H3;;;/q3*-1;+2;2*-1. The second-order valence-electron chi connectivity index (χ2n) is 6.32. The van der Waals surface area contributed by atoms with Crippen molar-refractivity contribution in [3.63, 3.8) is 0 Å². The number of allylic oxidation sites excluding steroid dienone is 8. The largest absolute Gasteiger partial charge is 2.00 e. The molecule has 1 heteroatoms. The van der Waals surface area contributed by atoms with Crippen molar-refractivity contribution in [1.29, 1.82) is 0 Å². The first kappa shape index (κ1) is 19.9. The van der Waals surface area contributed by atoms with Crippen LogP contribution in [0.2, 0.25) is 0 Å². The molecule has 4 atom stereocenters. The van der Waals surface area contributed by atoms with E-state index in [1.807, 2.05) is 32.4 Å². The quantitative estimate of drug-likeness (QED) is 0.448. The number of hydrogen-bond acceptors (Lipinski definition) is 0. The molecule has 0 aromatic heterocycles. The van der Waals surface area contributed by atoms with E-state index >= 15 is 0 Å². The van der Waals surface area contributed by atoms with Crippen LogP contribution in [0.25, 0.3) is 0 Å². The summed E-state index contributed by atoms with van der Waals surface area (Å²) in [7, 11) is 0. The van der Waals surface area contributed by atoms with Crippen molar-refractivity contribution in [2.45, 2.75) is 46.0 Å². The third kappa shape index (κ3) is 5.80. The molecule has 0 aromatic carbocycles. The molecule has 122 valence electrons. The molecule has 0 N–H and O–H groups in total. The fourth-order valence-corrected chi connectivity index (χ4v) is 3.84. The first-order chi connectivity index (χ1) is 10.4. The Labute approximate surface area is 159 Å². The van der Waals surface area contributed by atoms with Crippen LogP contribution in [0.4, 0.5) is 0 Å². The van der Waals surface area contributed by atoms with Gasteiger partial charge in [-0.2, -0.15) is 32.3 Å². The molecular formula is C21H31Zr-3. The van der Waals surface area contributed by atoms with Crippen LogP contribution in [0, 0.1) is 42.6 Å². The molecule has 22 heavy (non-hydrogen) atoms. The summed E-state index contributed by atoms with van der Waals surface area (Å²) in [5.41, 5.74) is 0. The van der Waals surface area contributed by atoms with E-state index in [2.05, 4.69) is 42.9 Å². The van der Waals surface area contributed by atoms with E-state index in [4.69, 9.17) is 0 Å². The van der Waals surface area contributed by atoms with Crippen molar-refractivity contribution >= 4 is 0 Å². The predicted octanol–water partition coefficient (Wildman–Crippen LogP) is 6.13. The van der Waals surface area contributed by atoms with Crippen LogP contribution in [-0.2, 0) is 26.2 Å². The van der Waals surface area contributed by atoms with E-state index in [1.165, 1.54) is 25.7 Å². The molecule has 2 saturated carbocycles. The van der Waals surface area contributed by atoms with E-state index in [-0.39, 0.29) is 29.1 Å². The summed E-state index contributed by atoms with van der Waals surface area (Å²) in [6, 6.07) is 0. The fourth-order valence-electron chi connectivity index (χ4n) is 3.84. The maximum atomic E-state index is 2.99. The number of rotatable bonds is 0. The van der Waals surface area contributed by atoms with Crippen LogP contribution in [0.5, 0.6) is 0 Å². The van der Waals surface area contributed by atoms with Gasteiger partial charge in [0.1, 0.15) is 0 Å². The normalized spacial score (nSPS) is 32.8. The molecule has 4 unspecified atom stereocenters. The molecule has 0 aromatic rings. The van der Waals surface area contributed by atoms with Gasteiger partial charge in [-0.3, -0.25) is 6.08 Å². The zero-order chi connectivity index (χ0) is 14.9. The Kier molecular flexibility index (Phi) is 10.3. The zero-order valence-electron chi connectivity index (χ0n) is 16.0. The van der Waals surface area contributed by atoms with E-state index in [0.29, 0.717) is 0 Å². The number of fused-ring (bicyclic) bond motifs is 3. The van der Waals surface area contributed by atoms with Crippen LogP contribution in [0.3, 0.4) is 0 Å². The topological polar surface area (TPSA) is 0 Å². The number of hydrogen-bond donors (Lipinski definition) is 0. The van der Waals surface area contributed by atoms with Crippen molar-refractivity contribution in [3.05, 3.63) is 61.4 Å². The van der Waals surface area contributed by atoms with Crippen LogP contribution in [-0.4, -0.2) is 0 Å². The Balaban J connectivity index is 0. The second-order valence-corrected chi connectivity index (χ2v) is 6.32. The van der Waals surface area contributed by atoms with Gasteiger partial charge in [0.15, 0.2) is 0 Å². The van der Waals surface area contributed by atoms with E-state index < -0.39 is 0 Å². The Bertz CT molecular complexity index is 402. The minimum atomic E-state index is 0. The van der Waals surface area contributed by atoms with Gasteiger partial charge in [0.25, 0.3) is 0 Å². The summed E-state index contributed by atoms with van der Waals surface area (Å²) in [5, 5.41) is 0. The van der Waals surface area contributed by atoms with Gasteiger partial charge in [0, 0.05) is 0 Å². The molecule has 0 saturated heterocycles. The van der Waals surface area contributed by atoms with Gasteiger partial charge in [0.2, 0.25) is 0 Å². The summed E-state index contributed by atoms with van der Waals surface area (Å²) in [4.78, 5) is 0. The molecule has 4 aliphatic rings. The molecule has 0 aliphatic heterocycles. The Morgan fingerprint density at radius 1 is 1.18 bits per heavy atom. The summed E-state index contributed by atoms with van der Waals surface area (Å²) in [6.07, 6.45) is 29.7. The molecule has 4 rings (SSSR count). The Morgan fingerprint density at radius 2 is 1.95 bits per heavy atom. The SMILES string of the molecule is C1=CC2CC3[CH-]CCCC3C2C=C1.C[CH-]C.[C-]1=CC=CC1.[H-].[H-].[Zr+2]. The Morgan fingerprint density at radius 3 is 2.59 bits per heavy atom. The summed E-state index contributed by atoms with van der Waals surface area (Å²) in [5.74, 6) is 3.68. The molecular weight excluding hydrogens is 343 g/mol. The van der Waals surface area contributed by atoms with Crippen LogP contribution >= 0.6 is 0 Å². The van der Waals surface area contributed by atoms with Crippen molar-refractivity contribution < 1.29 is 29.1 Å². The van der Waals surface area contributed by atoms with Gasteiger partial charge in [-0.15, -0.1) is 6.42 Å². The molecule has 4 aliphatic carbocycles. The first-order valence-corrected chi connectivity index (χ1v) is 8.50. The molecule has 2 fully saturated rings. The van der Waals surface area contributed by atoms with Gasteiger partial charge < -0.3 is 15.7 Å². The maximum Gasteiger partial charge on any atom is 2.00 e.